The molecular weight excluding hydrogens is 224 g/mol. The first-order valence-electron chi connectivity index (χ1n) is 5.20. The lowest BCUT2D eigenvalue weighted by molar-refractivity contribution is -0.137. The number of hydrogen-bond acceptors (Lipinski definition) is 4. The lowest BCUT2D eigenvalue weighted by Crippen LogP contribution is -2.08. The van der Waals surface area contributed by atoms with Crippen LogP contribution >= 0.6 is 0 Å². The van der Waals surface area contributed by atoms with Crippen LogP contribution in [0.15, 0.2) is 18.2 Å². The molecule has 0 aliphatic rings. The molecule has 2 N–H and O–H groups in total. The molecule has 0 amide bonds. The van der Waals surface area contributed by atoms with Crippen LogP contribution in [-0.4, -0.2) is 22.2 Å². The first kappa shape index (κ1) is 13.0. The van der Waals surface area contributed by atoms with E-state index in [2.05, 4.69) is 0 Å². The van der Waals surface area contributed by atoms with E-state index in [1.165, 1.54) is 6.07 Å². The number of hydrogen-bond donors (Lipinski definition) is 2. The van der Waals surface area contributed by atoms with Crippen molar-refractivity contribution in [1.82, 2.24) is 0 Å². The lowest BCUT2D eigenvalue weighted by Gasteiger charge is -2.05. The van der Waals surface area contributed by atoms with Crippen LogP contribution < -0.4 is 4.74 Å². The molecule has 0 radical (unpaired) electrons. The van der Waals surface area contributed by atoms with Crippen molar-refractivity contribution in [2.75, 3.05) is 0 Å². The van der Waals surface area contributed by atoms with E-state index in [0.717, 1.165) is 5.56 Å². The minimum Gasteiger partial charge on any atom is -0.508 e. The molecule has 0 saturated heterocycles. The summed E-state index contributed by atoms with van der Waals surface area (Å²) in [6.45, 7) is 1.77. The van der Waals surface area contributed by atoms with Crippen LogP contribution in [0.4, 0.5) is 0 Å². The van der Waals surface area contributed by atoms with Crippen LogP contribution in [0.1, 0.15) is 24.8 Å². The van der Waals surface area contributed by atoms with Gasteiger partial charge in [0.1, 0.15) is 11.5 Å². The maximum Gasteiger partial charge on any atom is 0.311 e. The highest BCUT2D eigenvalue weighted by Crippen LogP contribution is 2.21. The second-order valence-corrected chi connectivity index (χ2v) is 3.73. The summed E-state index contributed by atoms with van der Waals surface area (Å²) in [5.74, 6) is -1.15. The lowest BCUT2D eigenvalue weighted by atomic mass is 10.2. The number of ether oxygens (including phenoxy) is 1. The zero-order valence-corrected chi connectivity index (χ0v) is 9.47. The number of phenols is 1. The average Bonchev–Trinajstić information content (AvgIpc) is 2.14. The summed E-state index contributed by atoms with van der Waals surface area (Å²) in [7, 11) is 0. The molecule has 0 heterocycles. The van der Waals surface area contributed by atoms with Gasteiger partial charge in [0, 0.05) is 18.9 Å². The van der Waals surface area contributed by atoms with Gasteiger partial charge in [-0.05, 0) is 31.0 Å². The smallest absolute Gasteiger partial charge is 0.311 e. The third kappa shape index (κ3) is 5.01. The Labute approximate surface area is 98.6 Å². The van der Waals surface area contributed by atoms with Crippen LogP contribution in [0.25, 0.3) is 0 Å². The van der Waals surface area contributed by atoms with Crippen molar-refractivity contribution >= 4 is 11.9 Å². The highest BCUT2D eigenvalue weighted by molar-refractivity contribution is 5.73. The maximum atomic E-state index is 11.3. The second kappa shape index (κ2) is 5.89. The highest BCUT2D eigenvalue weighted by Gasteiger charge is 2.07. The normalized spacial score (nSPS) is 9.94. The summed E-state index contributed by atoms with van der Waals surface area (Å²) in [5.41, 5.74) is 0.776. The Kier molecular flexibility index (Phi) is 4.51. The van der Waals surface area contributed by atoms with E-state index in [-0.39, 0.29) is 30.8 Å². The number of aliphatic carboxylic acids is 1. The number of phenolic OH excluding ortho intramolecular Hbond substituents is 1. The Bertz CT molecular complexity index is 405. The van der Waals surface area contributed by atoms with Crippen molar-refractivity contribution < 1.29 is 24.5 Å². The van der Waals surface area contributed by atoms with E-state index in [0.29, 0.717) is 0 Å². The highest BCUT2D eigenvalue weighted by atomic mass is 16.5. The molecule has 0 aliphatic carbocycles. The molecule has 1 aromatic rings. The minimum absolute atomic E-state index is 0.0262. The van der Waals surface area contributed by atoms with Gasteiger partial charge < -0.3 is 14.9 Å². The molecule has 0 spiro atoms. The molecule has 0 bridgehead atoms. The number of esters is 1. The fourth-order valence-corrected chi connectivity index (χ4v) is 1.35. The van der Waals surface area contributed by atoms with Gasteiger partial charge in [0.25, 0.3) is 0 Å². The summed E-state index contributed by atoms with van der Waals surface area (Å²) in [5, 5.41) is 17.7. The molecule has 0 saturated carbocycles. The van der Waals surface area contributed by atoms with Gasteiger partial charge in [0.05, 0.1) is 0 Å². The SMILES string of the molecule is Cc1cc(O)cc(OC(=O)CCCC(=O)O)c1. The van der Waals surface area contributed by atoms with Gasteiger partial charge in [-0.2, -0.15) is 0 Å². The quantitative estimate of drug-likeness (QED) is 0.604. The van der Waals surface area contributed by atoms with Gasteiger partial charge in [-0.1, -0.05) is 0 Å². The van der Waals surface area contributed by atoms with Crippen LogP contribution in [0.5, 0.6) is 11.5 Å². The van der Waals surface area contributed by atoms with E-state index >= 15 is 0 Å². The van der Waals surface area contributed by atoms with Crippen molar-refractivity contribution in [3.05, 3.63) is 23.8 Å². The van der Waals surface area contributed by atoms with Crippen molar-refractivity contribution in [3.63, 3.8) is 0 Å². The molecule has 0 aromatic heterocycles. The number of aromatic hydroxyl groups is 1. The number of carbonyl (C=O) groups excluding carboxylic acids is 1. The van der Waals surface area contributed by atoms with Crippen molar-refractivity contribution in [2.45, 2.75) is 26.2 Å². The monoisotopic (exact) mass is 238 g/mol. The van der Waals surface area contributed by atoms with Crippen molar-refractivity contribution in [2.24, 2.45) is 0 Å². The summed E-state index contributed by atoms with van der Waals surface area (Å²) in [6, 6.07) is 4.50. The summed E-state index contributed by atoms with van der Waals surface area (Å²) < 4.78 is 4.97. The van der Waals surface area contributed by atoms with Gasteiger partial charge in [0.15, 0.2) is 0 Å². The number of carbonyl (C=O) groups is 2. The molecule has 5 heteroatoms. The van der Waals surface area contributed by atoms with Crippen LogP contribution in [0.2, 0.25) is 0 Å². The van der Waals surface area contributed by atoms with Gasteiger partial charge in [-0.25, -0.2) is 0 Å². The Morgan fingerprint density at radius 1 is 1.24 bits per heavy atom. The topological polar surface area (TPSA) is 83.8 Å². The average molecular weight is 238 g/mol. The largest absolute Gasteiger partial charge is 0.508 e. The summed E-state index contributed by atoms with van der Waals surface area (Å²) in [6.07, 6.45) is 0.223. The Balaban J connectivity index is 2.47. The fourth-order valence-electron chi connectivity index (χ4n) is 1.35. The Morgan fingerprint density at radius 3 is 2.53 bits per heavy atom. The van der Waals surface area contributed by atoms with Gasteiger partial charge in [-0.15, -0.1) is 0 Å². The fraction of sp³-hybridized carbons (Fsp3) is 0.333. The minimum atomic E-state index is -0.939. The van der Waals surface area contributed by atoms with Crippen LogP contribution in [0.3, 0.4) is 0 Å². The van der Waals surface area contributed by atoms with Gasteiger partial charge in [0.2, 0.25) is 0 Å². The van der Waals surface area contributed by atoms with Gasteiger partial charge in [-0.3, -0.25) is 9.59 Å². The standard InChI is InChI=1S/C12H14O5/c1-8-5-9(13)7-10(6-8)17-12(16)4-2-3-11(14)15/h5-7,13H,2-4H2,1H3,(H,14,15). The second-order valence-electron chi connectivity index (χ2n) is 3.73. The van der Waals surface area contributed by atoms with Crippen LogP contribution in [-0.2, 0) is 9.59 Å². The summed E-state index contributed by atoms with van der Waals surface area (Å²) >= 11 is 0. The Hall–Kier alpha value is -2.04. The number of carboxylic acid groups (broad SMARTS) is 1. The van der Waals surface area contributed by atoms with E-state index in [1.807, 2.05) is 0 Å². The van der Waals surface area contributed by atoms with Gasteiger partial charge >= 0.3 is 11.9 Å². The van der Waals surface area contributed by atoms with E-state index in [4.69, 9.17) is 9.84 Å². The Morgan fingerprint density at radius 2 is 1.94 bits per heavy atom. The van der Waals surface area contributed by atoms with Crippen molar-refractivity contribution in [1.29, 1.82) is 0 Å². The molecule has 92 valence electrons. The molecule has 1 rings (SSSR count). The third-order valence-corrected chi connectivity index (χ3v) is 2.04. The van der Waals surface area contributed by atoms with Crippen LogP contribution in [0, 0.1) is 6.92 Å². The molecule has 1 aromatic carbocycles. The predicted molar refractivity (Wildman–Crippen MR) is 60.0 cm³/mol. The molecule has 17 heavy (non-hydrogen) atoms. The van der Waals surface area contributed by atoms with E-state index in [9.17, 15) is 14.7 Å². The maximum absolute atomic E-state index is 11.3. The molecule has 5 nitrogen and oxygen atoms in total. The number of aryl methyl sites for hydroxylation is 1. The van der Waals surface area contributed by atoms with E-state index in [1.54, 1.807) is 19.1 Å². The predicted octanol–water partition coefficient (Wildman–Crippen LogP) is 1.86. The first-order valence-corrected chi connectivity index (χ1v) is 5.20. The molecule has 0 fully saturated rings. The van der Waals surface area contributed by atoms with Crippen molar-refractivity contribution in [3.8, 4) is 11.5 Å². The first-order chi connectivity index (χ1) is 7.97. The van der Waals surface area contributed by atoms with E-state index < -0.39 is 11.9 Å². The number of benzene rings is 1. The zero-order chi connectivity index (χ0) is 12.8. The molecule has 0 aliphatic heterocycles. The third-order valence-electron chi connectivity index (χ3n) is 2.04. The summed E-state index contributed by atoms with van der Waals surface area (Å²) in [4.78, 5) is 21.6. The number of rotatable bonds is 5. The zero-order valence-electron chi connectivity index (χ0n) is 9.47. The molecular formula is C12H14O5. The number of carboxylic acids is 1. The molecule has 0 unspecified atom stereocenters. The molecule has 0 atom stereocenters.